The molecule has 4 heteroatoms. The van der Waals surface area contributed by atoms with Crippen LogP contribution in [0.1, 0.15) is 22.6 Å². The highest BCUT2D eigenvalue weighted by atomic mass is 32.2. The summed E-state index contributed by atoms with van der Waals surface area (Å²) in [5.74, 6) is 0. The van der Waals surface area contributed by atoms with Gasteiger partial charge >= 0.3 is 0 Å². The first-order valence-electron chi connectivity index (χ1n) is 6.69. The van der Waals surface area contributed by atoms with Gasteiger partial charge in [-0.15, -0.1) is 11.3 Å². The second-order valence-corrected chi connectivity index (χ2v) is 7.22. The van der Waals surface area contributed by atoms with Gasteiger partial charge in [-0.1, -0.05) is 30.0 Å². The molecular formula is C16H18N2S2. The summed E-state index contributed by atoms with van der Waals surface area (Å²) in [6.45, 7) is 4.24. The van der Waals surface area contributed by atoms with E-state index in [0.29, 0.717) is 5.25 Å². The summed E-state index contributed by atoms with van der Waals surface area (Å²) in [6.07, 6.45) is 0. The van der Waals surface area contributed by atoms with Gasteiger partial charge in [-0.25, -0.2) is 0 Å². The third-order valence-corrected chi connectivity index (χ3v) is 6.04. The number of hydrogen-bond acceptors (Lipinski definition) is 3. The number of para-hydroxylation sites is 1. The molecule has 0 aliphatic heterocycles. The quantitative estimate of drug-likeness (QED) is 0.685. The first-order valence-corrected chi connectivity index (χ1v) is 8.45. The molecule has 0 aliphatic rings. The Labute approximate surface area is 127 Å². The van der Waals surface area contributed by atoms with Gasteiger partial charge in [-0.3, -0.25) is 0 Å². The number of thiophene rings is 1. The van der Waals surface area contributed by atoms with Crippen LogP contribution in [0.15, 0.2) is 46.8 Å². The minimum absolute atomic E-state index is 0.115. The maximum atomic E-state index is 6.21. The van der Waals surface area contributed by atoms with Crippen LogP contribution in [-0.4, -0.2) is 11.0 Å². The third-order valence-electron chi connectivity index (χ3n) is 3.40. The van der Waals surface area contributed by atoms with Crippen molar-refractivity contribution in [3.05, 3.63) is 52.2 Å². The van der Waals surface area contributed by atoms with Crippen LogP contribution in [0.4, 0.5) is 0 Å². The first kappa shape index (κ1) is 13.7. The summed E-state index contributed by atoms with van der Waals surface area (Å²) in [7, 11) is 0. The summed E-state index contributed by atoms with van der Waals surface area (Å²) < 4.78 is 0. The van der Waals surface area contributed by atoms with Crippen molar-refractivity contribution in [1.82, 2.24) is 4.98 Å². The second kappa shape index (κ2) is 5.64. The van der Waals surface area contributed by atoms with Gasteiger partial charge in [0.1, 0.15) is 0 Å². The normalized spacial score (nSPS) is 14.6. The number of aromatic amines is 1. The molecule has 0 spiro atoms. The Morgan fingerprint density at radius 1 is 1.25 bits per heavy atom. The number of fused-ring (bicyclic) bond motifs is 1. The van der Waals surface area contributed by atoms with Crippen molar-refractivity contribution in [2.45, 2.75) is 30.2 Å². The van der Waals surface area contributed by atoms with E-state index in [-0.39, 0.29) is 6.04 Å². The van der Waals surface area contributed by atoms with Crippen LogP contribution >= 0.6 is 23.1 Å². The van der Waals surface area contributed by atoms with Crippen molar-refractivity contribution in [3.8, 4) is 0 Å². The standard InChI is InChI=1S/C16H18N2S2/c1-10-7-8-19-15(10)16(11(2)17)20-14-9-12-5-3-4-6-13(12)18-14/h3-9,11,16,18H,17H2,1-2H3. The lowest BCUT2D eigenvalue weighted by molar-refractivity contribution is 0.726. The number of hydrogen-bond donors (Lipinski definition) is 2. The van der Waals surface area contributed by atoms with Crippen LogP contribution in [0.5, 0.6) is 0 Å². The molecule has 2 unspecified atom stereocenters. The average molecular weight is 302 g/mol. The monoisotopic (exact) mass is 302 g/mol. The van der Waals surface area contributed by atoms with E-state index < -0.39 is 0 Å². The van der Waals surface area contributed by atoms with E-state index in [9.17, 15) is 0 Å². The Morgan fingerprint density at radius 3 is 2.70 bits per heavy atom. The molecule has 104 valence electrons. The number of thioether (sulfide) groups is 1. The van der Waals surface area contributed by atoms with Gasteiger partial charge in [0, 0.05) is 21.8 Å². The van der Waals surface area contributed by atoms with Crippen LogP contribution in [0.3, 0.4) is 0 Å². The molecule has 0 bridgehead atoms. The molecule has 2 aromatic heterocycles. The van der Waals surface area contributed by atoms with Gasteiger partial charge in [0.15, 0.2) is 0 Å². The van der Waals surface area contributed by atoms with Gasteiger partial charge < -0.3 is 10.7 Å². The Kier molecular flexibility index (Phi) is 3.87. The Bertz CT molecular complexity index is 679. The molecule has 0 saturated heterocycles. The van der Waals surface area contributed by atoms with Crippen LogP contribution in [-0.2, 0) is 0 Å². The SMILES string of the molecule is Cc1ccsc1C(Sc1cc2ccccc2[nH]1)C(C)N. The largest absolute Gasteiger partial charge is 0.350 e. The van der Waals surface area contributed by atoms with Crippen LogP contribution < -0.4 is 5.73 Å². The molecule has 3 aromatic rings. The van der Waals surface area contributed by atoms with Crippen molar-refractivity contribution in [3.63, 3.8) is 0 Å². The smallest absolute Gasteiger partial charge is 0.0739 e. The maximum absolute atomic E-state index is 6.21. The van der Waals surface area contributed by atoms with E-state index in [1.54, 1.807) is 11.3 Å². The van der Waals surface area contributed by atoms with E-state index in [1.807, 2.05) is 11.8 Å². The Hall–Kier alpha value is -1.23. The lowest BCUT2D eigenvalue weighted by Crippen LogP contribution is -2.22. The highest BCUT2D eigenvalue weighted by Gasteiger charge is 2.21. The molecule has 2 nitrogen and oxygen atoms in total. The predicted octanol–water partition coefficient (Wildman–Crippen LogP) is 4.72. The third kappa shape index (κ3) is 2.64. The summed E-state index contributed by atoms with van der Waals surface area (Å²) in [4.78, 5) is 4.85. The number of aryl methyl sites for hydroxylation is 1. The van der Waals surface area contributed by atoms with Crippen molar-refractivity contribution in [2.75, 3.05) is 0 Å². The maximum Gasteiger partial charge on any atom is 0.0739 e. The number of rotatable bonds is 4. The highest BCUT2D eigenvalue weighted by Crippen LogP contribution is 2.41. The molecule has 0 amide bonds. The molecule has 0 radical (unpaired) electrons. The minimum atomic E-state index is 0.115. The highest BCUT2D eigenvalue weighted by molar-refractivity contribution is 7.99. The molecular weight excluding hydrogens is 284 g/mol. The van der Waals surface area contributed by atoms with Gasteiger partial charge in [-0.2, -0.15) is 0 Å². The van der Waals surface area contributed by atoms with Crippen molar-refractivity contribution >= 4 is 34.0 Å². The summed E-state index contributed by atoms with van der Waals surface area (Å²) >= 11 is 3.62. The van der Waals surface area contributed by atoms with Crippen LogP contribution in [0.2, 0.25) is 0 Å². The molecule has 3 N–H and O–H groups in total. The molecule has 2 atom stereocenters. The summed E-state index contributed by atoms with van der Waals surface area (Å²) in [6, 6.07) is 12.9. The fourth-order valence-corrected chi connectivity index (χ4v) is 4.80. The van der Waals surface area contributed by atoms with Crippen molar-refractivity contribution < 1.29 is 0 Å². The number of benzene rings is 1. The molecule has 20 heavy (non-hydrogen) atoms. The fourth-order valence-electron chi connectivity index (χ4n) is 2.32. The molecule has 2 heterocycles. The van der Waals surface area contributed by atoms with Crippen molar-refractivity contribution in [1.29, 1.82) is 0 Å². The molecule has 0 fully saturated rings. The van der Waals surface area contributed by atoms with E-state index in [0.717, 1.165) is 0 Å². The van der Waals surface area contributed by atoms with E-state index >= 15 is 0 Å². The Balaban J connectivity index is 1.92. The number of nitrogens with two attached hydrogens (primary N) is 1. The van der Waals surface area contributed by atoms with Gasteiger partial charge in [0.25, 0.3) is 0 Å². The predicted molar refractivity (Wildman–Crippen MR) is 89.6 cm³/mol. The minimum Gasteiger partial charge on any atom is -0.350 e. The zero-order chi connectivity index (χ0) is 14.1. The van der Waals surface area contributed by atoms with Crippen molar-refractivity contribution in [2.24, 2.45) is 5.73 Å². The topological polar surface area (TPSA) is 41.8 Å². The summed E-state index contributed by atoms with van der Waals surface area (Å²) in [5, 5.41) is 4.87. The average Bonchev–Trinajstić information content (AvgIpc) is 3.01. The number of H-pyrrole nitrogens is 1. The Morgan fingerprint density at radius 2 is 2.05 bits per heavy atom. The zero-order valence-electron chi connectivity index (χ0n) is 11.6. The summed E-state index contributed by atoms with van der Waals surface area (Å²) in [5.41, 5.74) is 8.73. The number of nitrogens with one attached hydrogen (secondary N) is 1. The van der Waals surface area contributed by atoms with E-state index in [4.69, 9.17) is 5.73 Å². The lowest BCUT2D eigenvalue weighted by Gasteiger charge is -2.19. The molecule has 0 saturated carbocycles. The molecule has 1 aromatic carbocycles. The first-order chi connectivity index (χ1) is 9.65. The second-order valence-electron chi connectivity index (χ2n) is 5.09. The number of aromatic nitrogens is 1. The zero-order valence-corrected chi connectivity index (χ0v) is 13.2. The van der Waals surface area contributed by atoms with Crippen LogP contribution in [0, 0.1) is 6.92 Å². The fraction of sp³-hybridized carbons (Fsp3) is 0.250. The molecule has 3 rings (SSSR count). The van der Waals surface area contributed by atoms with Gasteiger partial charge in [0.2, 0.25) is 0 Å². The van der Waals surface area contributed by atoms with Gasteiger partial charge in [-0.05, 0) is 43.0 Å². The van der Waals surface area contributed by atoms with E-state index in [2.05, 4.69) is 60.6 Å². The lowest BCUT2D eigenvalue weighted by atomic mass is 10.1. The van der Waals surface area contributed by atoms with Gasteiger partial charge in [0.05, 0.1) is 10.3 Å². The molecule has 0 aliphatic carbocycles. The van der Waals surface area contributed by atoms with E-state index in [1.165, 1.54) is 26.4 Å². The van der Waals surface area contributed by atoms with Crippen LogP contribution in [0.25, 0.3) is 10.9 Å².